The lowest BCUT2D eigenvalue weighted by atomic mass is 10.2. The van der Waals surface area contributed by atoms with Gasteiger partial charge in [-0.2, -0.15) is 0 Å². The molecule has 2 aromatic rings. The monoisotopic (exact) mass is 271 g/mol. The minimum atomic E-state index is -0.102. The second kappa shape index (κ2) is 6.73. The van der Waals surface area contributed by atoms with Gasteiger partial charge in [-0.1, -0.05) is 12.1 Å². The van der Waals surface area contributed by atoms with E-state index in [1.807, 2.05) is 13.0 Å². The highest BCUT2D eigenvalue weighted by atomic mass is 16.5. The summed E-state index contributed by atoms with van der Waals surface area (Å²) >= 11 is 0. The topological polar surface area (TPSA) is 62.0 Å². The molecular formula is C16H17NO3. The van der Waals surface area contributed by atoms with Gasteiger partial charge in [0.15, 0.2) is 0 Å². The van der Waals surface area contributed by atoms with Crippen molar-refractivity contribution in [3.63, 3.8) is 0 Å². The molecule has 4 heteroatoms. The number of hydrogen-bond donors (Lipinski definition) is 2. The average molecular weight is 271 g/mol. The molecule has 0 unspecified atom stereocenters. The molecule has 0 bridgehead atoms. The lowest BCUT2D eigenvalue weighted by Gasteiger charge is -2.08. The van der Waals surface area contributed by atoms with Crippen LogP contribution in [-0.4, -0.2) is 23.0 Å². The summed E-state index contributed by atoms with van der Waals surface area (Å²) in [5.74, 6) is 0.848. The molecule has 0 atom stereocenters. The molecule has 0 aliphatic heterocycles. The van der Waals surface area contributed by atoms with Crippen molar-refractivity contribution in [2.24, 2.45) is 4.99 Å². The van der Waals surface area contributed by atoms with E-state index in [-0.39, 0.29) is 12.4 Å². The van der Waals surface area contributed by atoms with Gasteiger partial charge in [-0.15, -0.1) is 0 Å². The zero-order valence-electron chi connectivity index (χ0n) is 11.3. The molecule has 0 radical (unpaired) electrons. The third kappa shape index (κ3) is 3.36. The number of ether oxygens (including phenoxy) is 1. The molecule has 0 saturated heterocycles. The molecule has 0 heterocycles. The Morgan fingerprint density at radius 3 is 2.70 bits per heavy atom. The van der Waals surface area contributed by atoms with Gasteiger partial charge in [-0.3, -0.25) is 4.99 Å². The van der Waals surface area contributed by atoms with E-state index in [1.165, 1.54) is 0 Å². The fraction of sp³-hybridized carbons (Fsp3) is 0.188. The summed E-state index contributed by atoms with van der Waals surface area (Å²) in [6.07, 6.45) is 1.59. The van der Waals surface area contributed by atoms with Gasteiger partial charge in [-0.25, -0.2) is 0 Å². The Hall–Kier alpha value is -2.33. The van der Waals surface area contributed by atoms with Crippen LogP contribution in [-0.2, 0) is 6.61 Å². The summed E-state index contributed by atoms with van der Waals surface area (Å²) in [6.45, 7) is 2.34. The maximum atomic E-state index is 9.65. The minimum absolute atomic E-state index is 0.102. The van der Waals surface area contributed by atoms with Crippen molar-refractivity contribution in [3.05, 3.63) is 53.6 Å². The van der Waals surface area contributed by atoms with Gasteiger partial charge in [0.25, 0.3) is 0 Å². The number of aliphatic imine (C=N–C) groups is 1. The fourth-order valence-corrected chi connectivity index (χ4v) is 1.81. The molecule has 0 aliphatic carbocycles. The van der Waals surface area contributed by atoms with Crippen LogP contribution >= 0.6 is 0 Å². The maximum Gasteiger partial charge on any atom is 0.124 e. The summed E-state index contributed by atoms with van der Waals surface area (Å²) in [4.78, 5) is 4.30. The Bertz CT molecular complexity index is 608. The summed E-state index contributed by atoms with van der Waals surface area (Å²) in [5, 5.41) is 19.0. The van der Waals surface area contributed by atoms with Crippen LogP contribution < -0.4 is 4.74 Å². The second-order valence-electron chi connectivity index (χ2n) is 4.20. The lowest BCUT2D eigenvalue weighted by molar-refractivity contribution is 0.267. The number of aromatic hydroxyl groups is 1. The normalized spacial score (nSPS) is 10.9. The van der Waals surface area contributed by atoms with Gasteiger partial charge in [-0.05, 0) is 37.3 Å². The van der Waals surface area contributed by atoms with Crippen molar-refractivity contribution in [3.8, 4) is 11.5 Å². The zero-order valence-corrected chi connectivity index (χ0v) is 11.3. The molecule has 2 N–H and O–H groups in total. The van der Waals surface area contributed by atoms with Gasteiger partial charge < -0.3 is 14.9 Å². The van der Waals surface area contributed by atoms with E-state index in [0.29, 0.717) is 29.2 Å². The minimum Gasteiger partial charge on any atom is -0.507 e. The first-order chi connectivity index (χ1) is 9.74. The number of phenolic OH excluding ortho intramolecular Hbond substituents is 1. The molecule has 0 saturated carbocycles. The summed E-state index contributed by atoms with van der Waals surface area (Å²) in [6, 6.07) is 12.3. The lowest BCUT2D eigenvalue weighted by Crippen LogP contribution is -1.96. The van der Waals surface area contributed by atoms with Crippen LogP contribution in [0, 0.1) is 0 Å². The largest absolute Gasteiger partial charge is 0.507 e. The van der Waals surface area contributed by atoms with E-state index >= 15 is 0 Å². The SMILES string of the molecule is CCOc1ccc(N=Cc2ccccc2O)cc1CO. The van der Waals surface area contributed by atoms with Gasteiger partial charge in [0.1, 0.15) is 11.5 Å². The third-order valence-electron chi connectivity index (χ3n) is 2.80. The van der Waals surface area contributed by atoms with Gasteiger partial charge in [0.05, 0.1) is 18.9 Å². The Balaban J connectivity index is 2.24. The van der Waals surface area contributed by atoms with Gasteiger partial charge in [0.2, 0.25) is 0 Å². The standard InChI is InChI=1S/C16H17NO3/c1-2-20-16-8-7-14(9-13(16)11-18)17-10-12-5-3-4-6-15(12)19/h3-10,18-19H,2,11H2,1H3. The number of aliphatic hydroxyl groups excluding tert-OH is 1. The van der Waals surface area contributed by atoms with Crippen LogP contribution in [0.15, 0.2) is 47.5 Å². The van der Waals surface area contributed by atoms with Crippen LogP contribution in [0.1, 0.15) is 18.1 Å². The summed E-state index contributed by atoms with van der Waals surface area (Å²) in [5.41, 5.74) is 2.03. The molecule has 0 spiro atoms. The highest BCUT2D eigenvalue weighted by molar-refractivity contribution is 5.85. The van der Waals surface area contributed by atoms with E-state index in [1.54, 1.807) is 42.6 Å². The highest BCUT2D eigenvalue weighted by Gasteiger charge is 2.03. The van der Waals surface area contributed by atoms with Gasteiger partial charge >= 0.3 is 0 Å². The van der Waals surface area contributed by atoms with E-state index in [2.05, 4.69) is 4.99 Å². The predicted molar refractivity (Wildman–Crippen MR) is 78.9 cm³/mol. The zero-order chi connectivity index (χ0) is 14.4. The molecule has 0 amide bonds. The van der Waals surface area contributed by atoms with Crippen LogP contribution in [0.2, 0.25) is 0 Å². The second-order valence-corrected chi connectivity index (χ2v) is 4.20. The molecule has 2 aromatic carbocycles. The molecular weight excluding hydrogens is 254 g/mol. The van der Waals surface area contributed by atoms with E-state index in [4.69, 9.17) is 4.74 Å². The number of hydrogen-bond acceptors (Lipinski definition) is 4. The molecule has 104 valence electrons. The summed E-state index contributed by atoms with van der Waals surface area (Å²) < 4.78 is 5.41. The van der Waals surface area contributed by atoms with Crippen molar-refractivity contribution in [1.82, 2.24) is 0 Å². The smallest absolute Gasteiger partial charge is 0.124 e. The highest BCUT2D eigenvalue weighted by Crippen LogP contribution is 2.25. The van der Waals surface area contributed by atoms with Crippen molar-refractivity contribution in [2.75, 3.05) is 6.61 Å². The van der Waals surface area contributed by atoms with Crippen molar-refractivity contribution in [1.29, 1.82) is 0 Å². The quantitative estimate of drug-likeness (QED) is 0.822. The number of aliphatic hydroxyl groups is 1. The molecule has 0 aliphatic rings. The van der Waals surface area contributed by atoms with Crippen LogP contribution in [0.5, 0.6) is 11.5 Å². The third-order valence-corrected chi connectivity index (χ3v) is 2.80. The van der Waals surface area contributed by atoms with Crippen molar-refractivity contribution < 1.29 is 14.9 Å². The average Bonchev–Trinajstić information content (AvgIpc) is 2.48. The number of phenols is 1. The first-order valence-corrected chi connectivity index (χ1v) is 6.43. The number of rotatable bonds is 5. The molecule has 4 nitrogen and oxygen atoms in total. The molecule has 2 rings (SSSR count). The van der Waals surface area contributed by atoms with Crippen LogP contribution in [0.25, 0.3) is 0 Å². The Morgan fingerprint density at radius 1 is 1.20 bits per heavy atom. The van der Waals surface area contributed by atoms with Crippen LogP contribution in [0.4, 0.5) is 5.69 Å². The first-order valence-electron chi connectivity index (χ1n) is 6.43. The predicted octanol–water partition coefficient (Wildman–Crippen LogP) is 3.03. The Morgan fingerprint density at radius 2 is 2.00 bits per heavy atom. The molecule has 0 aromatic heterocycles. The number of nitrogens with zero attached hydrogens (tertiary/aromatic N) is 1. The van der Waals surface area contributed by atoms with Crippen molar-refractivity contribution >= 4 is 11.9 Å². The Labute approximate surface area is 118 Å². The first kappa shape index (κ1) is 14.1. The van der Waals surface area contributed by atoms with Gasteiger partial charge in [0, 0.05) is 17.3 Å². The molecule has 20 heavy (non-hydrogen) atoms. The number of para-hydroxylation sites is 1. The van der Waals surface area contributed by atoms with Crippen molar-refractivity contribution in [2.45, 2.75) is 13.5 Å². The summed E-state index contributed by atoms with van der Waals surface area (Å²) in [7, 11) is 0. The Kier molecular flexibility index (Phi) is 4.74. The fourth-order valence-electron chi connectivity index (χ4n) is 1.81. The number of benzene rings is 2. The van der Waals surface area contributed by atoms with E-state index in [0.717, 1.165) is 0 Å². The van der Waals surface area contributed by atoms with Crippen LogP contribution in [0.3, 0.4) is 0 Å². The van der Waals surface area contributed by atoms with E-state index in [9.17, 15) is 10.2 Å². The van der Waals surface area contributed by atoms with E-state index < -0.39 is 0 Å². The maximum absolute atomic E-state index is 9.65. The molecule has 0 fully saturated rings.